The molecule has 0 bridgehead atoms. The lowest BCUT2D eigenvalue weighted by atomic mass is 9.85. The highest BCUT2D eigenvalue weighted by atomic mass is 32.1. The number of benzene rings is 3. The summed E-state index contributed by atoms with van der Waals surface area (Å²) in [5.41, 5.74) is 7.43. The monoisotopic (exact) mass is 1000 g/mol. The molecular formula is C52H57FN10O8S. The Morgan fingerprint density at radius 2 is 1.60 bits per heavy atom. The summed E-state index contributed by atoms with van der Waals surface area (Å²) in [6.45, 7) is 8.20. The van der Waals surface area contributed by atoms with Gasteiger partial charge in [-0.15, -0.1) is 11.3 Å². The van der Waals surface area contributed by atoms with Gasteiger partial charge in [-0.05, 0) is 59.4 Å². The molecule has 4 amide bonds. The summed E-state index contributed by atoms with van der Waals surface area (Å²) in [5, 5.41) is 24.6. The molecule has 72 heavy (non-hydrogen) atoms. The lowest BCUT2D eigenvalue weighted by Crippen LogP contribution is -2.58. The Hall–Kier alpha value is -7.10. The first-order valence-corrected chi connectivity index (χ1v) is 24.5. The van der Waals surface area contributed by atoms with E-state index in [0.29, 0.717) is 23.5 Å². The van der Waals surface area contributed by atoms with Crippen LogP contribution in [-0.2, 0) is 41.6 Å². The average molecular weight is 1000 g/mol. The summed E-state index contributed by atoms with van der Waals surface area (Å²) < 4.78 is 33.5. The third kappa shape index (κ3) is 12.9. The quantitative estimate of drug-likeness (QED) is 0.0690. The molecule has 0 aliphatic carbocycles. The van der Waals surface area contributed by atoms with Crippen LogP contribution in [-0.4, -0.2) is 134 Å². The van der Waals surface area contributed by atoms with E-state index in [0.717, 1.165) is 43.9 Å². The van der Waals surface area contributed by atoms with Crippen LogP contribution in [0.15, 0.2) is 96.9 Å². The van der Waals surface area contributed by atoms with Crippen molar-refractivity contribution >= 4 is 51.6 Å². The Labute approximate surface area is 419 Å². The van der Waals surface area contributed by atoms with Crippen molar-refractivity contribution in [2.75, 3.05) is 52.7 Å². The van der Waals surface area contributed by atoms with Gasteiger partial charge in [0.1, 0.15) is 30.2 Å². The molecule has 7 aromatic rings. The maximum Gasteiger partial charge on any atom is 0.254 e. The molecule has 0 spiro atoms. The number of aliphatic hydroxyl groups is 1. The van der Waals surface area contributed by atoms with E-state index in [4.69, 9.17) is 14.2 Å². The number of aromatic nitrogens is 6. The number of hydrogen-bond acceptors (Lipinski definition) is 14. The molecule has 0 radical (unpaired) electrons. The second-order valence-electron chi connectivity index (χ2n) is 18.5. The van der Waals surface area contributed by atoms with Crippen molar-refractivity contribution in [2.45, 2.75) is 65.3 Å². The standard InChI is InChI=1S/C52H57FN10O8S/c1-32-46(72-31-59-32)35-10-7-33(8-11-35)26-56-49(67)44-25-39(64)29-62(44)50(68)47(52(2,3)4)60-45(65)30-71-21-20-70-19-18-69-17-16-55-48(66)40-13-12-37(24-41(40)53)43-28-58-51-57-27-38(63(51)61-43)23-34-9-14-42-36(22-34)6-5-15-54-42/h5-15,22,24,27-28,31,39,44,47,64H,16-21,23,25-26,29-30H2,1-4H3,(H,55,66)(H,56,67)(H,60,65)/t39-,44+,47-/m1/s1. The molecule has 1 aliphatic heterocycles. The van der Waals surface area contributed by atoms with Crippen molar-refractivity contribution in [3.8, 4) is 21.7 Å². The minimum Gasteiger partial charge on any atom is -0.391 e. The van der Waals surface area contributed by atoms with Crippen molar-refractivity contribution in [3.05, 3.63) is 131 Å². The number of carbonyl (C=O) groups excluding carboxylic acids is 4. The van der Waals surface area contributed by atoms with Gasteiger partial charge in [0.05, 0.1) is 84.4 Å². The maximum absolute atomic E-state index is 15.3. The summed E-state index contributed by atoms with van der Waals surface area (Å²) in [6, 6.07) is 20.1. The van der Waals surface area contributed by atoms with Crippen LogP contribution >= 0.6 is 11.3 Å². The van der Waals surface area contributed by atoms with Crippen molar-refractivity contribution < 1.29 is 42.9 Å². The number of thiazole rings is 1. The number of nitrogens with zero attached hydrogens (tertiary/aromatic N) is 7. The lowest BCUT2D eigenvalue weighted by molar-refractivity contribution is -0.144. The number of carbonyl (C=O) groups is 4. The molecule has 376 valence electrons. The molecule has 0 unspecified atom stereocenters. The summed E-state index contributed by atoms with van der Waals surface area (Å²) >= 11 is 1.56. The highest BCUT2D eigenvalue weighted by molar-refractivity contribution is 7.13. The summed E-state index contributed by atoms with van der Waals surface area (Å²) in [4.78, 5) is 73.1. The number of fused-ring (bicyclic) bond motifs is 2. The molecule has 3 aromatic carbocycles. The van der Waals surface area contributed by atoms with E-state index in [9.17, 15) is 24.3 Å². The van der Waals surface area contributed by atoms with Crippen molar-refractivity contribution in [3.63, 3.8) is 0 Å². The predicted molar refractivity (Wildman–Crippen MR) is 267 cm³/mol. The number of imidazole rings is 1. The molecule has 1 aliphatic rings. The Morgan fingerprint density at radius 1 is 0.861 bits per heavy atom. The van der Waals surface area contributed by atoms with Gasteiger partial charge in [-0.25, -0.2) is 23.9 Å². The number of likely N-dealkylation sites (tertiary alicyclic amines) is 1. The predicted octanol–water partition coefficient (Wildman–Crippen LogP) is 5.09. The Bertz CT molecular complexity index is 3030. The first-order chi connectivity index (χ1) is 34.7. The number of rotatable bonds is 21. The number of ether oxygens (including phenoxy) is 3. The number of aliphatic hydroxyl groups excluding tert-OH is 1. The SMILES string of the molecule is Cc1ncsc1-c1ccc(CNC(=O)[C@@H]2C[C@@H](O)CN2C(=O)[C@@H](NC(=O)COCCOCCOCCNC(=O)c2ccc(-c3cnc4ncc(Cc5ccc6ncccc6c5)n4n3)cc2F)C(C)(C)C)cc1. The van der Waals surface area contributed by atoms with E-state index in [2.05, 4.69) is 47.1 Å². The largest absolute Gasteiger partial charge is 0.391 e. The Morgan fingerprint density at radius 3 is 2.35 bits per heavy atom. The van der Waals surface area contributed by atoms with Crippen LogP contribution in [0, 0.1) is 18.2 Å². The van der Waals surface area contributed by atoms with Gasteiger partial charge in [0.15, 0.2) is 0 Å². The van der Waals surface area contributed by atoms with Gasteiger partial charge >= 0.3 is 0 Å². The summed E-state index contributed by atoms with van der Waals surface area (Å²) in [7, 11) is 0. The lowest BCUT2D eigenvalue weighted by Gasteiger charge is -2.35. The fraction of sp³-hybridized carbons (Fsp3) is 0.365. The molecule has 0 saturated carbocycles. The molecule has 5 heterocycles. The van der Waals surface area contributed by atoms with Crippen LogP contribution < -0.4 is 16.0 Å². The highest BCUT2D eigenvalue weighted by Crippen LogP contribution is 2.29. The maximum atomic E-state index is 15.3. The molecule has 20 heteroatoms. The van der Waals surface area contributed by atoms with Crippen LogP contribution in [0.1, 0.15) is 60.1 Å². The van der Waals surface area contributed by atoms with Crippen LogP contribution in [0.3, 0.4) is 0 Å². The second-order valence-corrected chi connectivity index (χ2v) is 19.3. The van der Waals surface area contributed by atoms with E-state index in [1.807, 2.05) is 55.5 Å². The van der Waals surface area contributed by atoms with E-state index in [1.54, 1.807) is 60.6 Å². The number of nitrogens with one attached hydrogen (secondary N) is 3. The third-order valence-corrected chi connectivity index (χ3v) is 13.1. The molecule has 1 fully saturated rings. The van der Waals surface area contributed by atoms with Gasteiger partial charge in [0, 0.05) is 49.6 Å². The molecule has 18 nitrogen and oxygen atoms in total. The molecule has 8 rings (SSSR count). The van der Waals surface area contributed by atoms with Gasteiger partial charge in [0.2, 0.25) is 17.7 Å². The summed E-state index contributed by atoms with van der Waals surface area (Å²) in [6.07, 6.45) is 4.71. The van der Waals surface area contributed by atoms with E-state index >= 15 is 4.39 Å². The van der Waals surface area contributed by atoms with E-state index < -0.39 is 53.0 Å². The number of halogens is 1. The normalized spacial score (nSPS) is 15.2. The van der Waals surface area contributed by atoms with E-state index in [1.165, 1.54) is 23.2 Å². The van der Waals surface area contributed by atoms with Gasteiger partial charge in [-0.3, -0.25) is 24.2 Å². The van der Waals surface area contributed by atoms with Crippen LogP contribution in [0.2, 0.25) is 0 Å². The Kier molecular flexibility index (Phi) is 16.7. The topological polar surface area (TPSA) is 224 Å². The number of β-amino-alcohol motifs (C(OH)–C–C–N with tert-alkyl or cyclic N) is 1. The fourth-order valence-corrected chi connectivity index (χ4v) is 9.11. The molecule has 3 atom stereocenters. The molecular weight excluding hydrogens is 944 g/mol. The average Bonchev–Trinajstić information content (AvgIpc) is 4.11. The number of pyridine rings is 1. The van der Waals surface area contributed by atoms with Gasteiger partial charge in [0.25, 0.3) is 11.7 Å². The second kappa shape index (κ2) is 23.4. The zero-order chi connectivity index (χ0) is 50.8. The minimum absolute atomic E-state index is 0.0405. The molecule has 1 saturated heterocycles. The number of amides is 4. The smallest absolute Gasteiger partial charge is 0.254 e. The minimum atomic E-state index is -0.999. The zero-order valence-electron chi connectivity index (χ0n) is 40.5. The first-order valence-electron chi connectivity index (χ1n) is 23.6. The third-order valence-electron chi connectivity index (χ3n) is 12.1. The van der Waals surface area contributed by atoms with Gasteiger partial charge in [-0.2, -0.15) is 5.10 Å². The molecule has 4 N–H and O–H groups in total. The zero-order valence-corrected chi connectivity index (χ0v) is 41.3. The van der Waals surface area contributed by atoms with Crippen LogP contribution in [0.4, 0.5) is 4.39 Å². The van der Waals surface area contributed by atoms with Crippen molar-refractivity contribution in [1.29, 1.82) is 0 Å². The first kappa shape index (κ1) is 51.3. The van der Waals surface area contributed by atoms with Crippen LogP contribution in [0.25, 0.3) is 38.4 Å². The van der Waals surface area contributed by atoms with Gasteiger partial charge in [-0.1, -0.05) is 63.2 Å². The molecule has 4 aromatic heterocycles. The number of hydrogen-bond donors (Lipinski definition) is 4. The highest BCUT2D eigenvalue weighted by Gasteiger charge is 2.44. The van der Waals surface area contributed by atoms with Crippen molar-refractivity contribution in [1.82, 2.24) is 50.4 Å². The summed E-state index contributed by atoms with van der Waals surface area (Å²) in [5.74, 6) is -2.29. The van der Waals surface area contributed by atoms with Gasteiger partial charge < -0.3 is 40.2 Å². The Balaban J connectivity index is 0.707. The fourth-order valence-electron chi connectivity index (χ4n) is 8.29. The number of aryl methyl sites for hydroxylation is 1. The van der Waals surface area contributed by atoms with E-state index in [-0.39, 0.29) is 71.3 Å². The van der Waals surface area contributed by atoms with Crippen molar-refractivity contribution in [2.24, 2.45) is 5.41 Å². The van der Waals surface area contributed by atoms with Crippen LogP contribution in [0.5, 0.6) is 0 Å².